The SMILES string of the molecule is COC(=O)c1ccc(Cl)c(NC(=O)c2cc(Cl)c(I)cc2OC)c1. The van der Waals surface area contributed by atoms with E-state index in [0.29, 0.717) is 10.8 Å². The fraction of sp³-hybridized carbons (Fsp3) is 0.125. The average molecular weight is 480 g/mol. The number of nitrogens with one attached hydrogen (secondary N) is 1. The Kier molecular flexibility index (Phi) is 6.31. The first-order valence-electron chi connectivity index (χ1n) is 6.59. The normalized spacial score (nSPS) is 10.2. The number of hydrogen-bond donors (Lipinski definition) is 1. The first-order valence-corrected chi connectivity index (χ1v) is 8.43. The van der Waals surface area contributed by atoms with Crippen LogP contribution in [-0.2, 0) is 4.74 Å². The van der Waals surface area contributed by atoms with E-state index in [1.54, 1.807) is 6.07 Å². The molecule has 0 bridgehead atoms. The second-order valence-corrected chi connectivity index (χ2v) is 6.58. The Balaban J connectivity index is 2.37. The first-order chi connectivity index (χ1) is 11.4. The fourth-order valence-corrected chi connectivity index (χ4v) is 2.70. The van der Waals surface area contributed by atoms with Crippen LogP contribution in [0.25, 0.3) is 0 Å². The lowest BCUT2D eigenvalue weighted by atomic mass is 10.1. The monoisotopic (exact) mass is 479 g/mol. The minimum absolute atomic E-state index is 0.252. The van der Waals surface area contributed by atoms with Gasteiger partial charge in [-0.1, -0.05) is 23.2 Å². The van der Waals surface area contributed by atoms with Crippen molar-refractivity contribution >= 4 is 63.4 Å². The van der Waals surface area contributed by atoms with Crippen molar-refractivity contribution in [3.63, 3.8) is 0 Å². The largest absolute Gasteiger partial charge is 0.496 e. The standard InChI is InChI=1S/C16H12Cl2INO4/c1-23-14-7-12(19)11(18)6-9(14)15(21)20-13-5-8(16(22)24-2)3-4-10(13)17/h3-7H,1-2H3,(H,20,21). The molecule has 0 heterocycles. The number of carbonyl (C=O) groups excluding carboxylic acids is 2. The van der Waals surface area contributed by atoms with E-state index in [-0.39, 0.29) is 21.8 Å². The summed E-state index contributed by atoms with van der Waals surface area (Å²) < 4.78 is 10.6. The Morgan fingerprint density at radius 1 is 1.08 bits per heavy atom. The molecule has 0 aromatic heterocycles. The highest BCUT2D eigenvalue weighted by atomic mass is 127. The van der Waals surface area contributed by atoms with Gasteiger partial charge in [-0.15, -0.1) is 0 Å². The summed E-state index contributed by atoms with van der Waals surface area (Å²) in [6.07, 6.45) is 0. The molecule has 0 aliphatic carbocycles. The molecule has 126 valence electrons. The summed E-state index contributed by atoms with van der Waals surface area (Å²) in [4.78, 5) is 24.1. The van der Waals surface area contributed by atoms with Crippen molar-refractivity contribution in [2.45, 2.75) is 0 Å². The maximum atomic E-state index is 12.5. The minimum atomic E-state index is -0.531. The van der Waals surface area contributed by atoms with Crippen LogP contribution in [0.2, 0.25) is 10.0 Å². The number of amides is 1. The van der Waals surface area contributed by atoms with E-state index < -0.39 is 11.9 Å². The van der Waals surface area contributed by atoms with E-state index in [1.165, 1.54) is 38.5 Å². The third kappa shape index (κ3) is 4.12. The highest BCUT2D eigenvalue weighted by Gasteiger charge is 2.17. The van der Waals surface area contributed by atoms with Crippen molar-refractivity contribution in [2.24, 2.45) is 0 Å². The number of anilines is 1. The van der Waals surface area contributed by atoms with Gasteiger partial charge in [0.05, 0.1) is 41.1 Å². The van der Waals surface area contributed by atoms with Crippen molar-refractivity contribution in [3.8, 4) is 5.75 Å². The van der Waals surface area contributed by atoms with E-state index in [4.69, 9.17) is 27.9 Å². The molecule has 0 radical (unpaired) electrons. The van der Waals surface area contributed by atoms with Gasteiger partial charge in [0.15, 0.2) is 0 Å². The number of ether oxygens (including phenoxy) is 2. The third-order valence-corrected chi connectivity index (χ3v) is 4.98. The maximum absolute atomic E-state index is 12.5. The predicted octanol–water partition coefficient (Wildman–Crippen LogP) is 4.65. The van der Waals surface area contributed by atoms with Gasteiger partial charge in [-0.25, -0.2) is 4.79 Å². The Morgan fingerprint density at radius 2 is 1.79 bits per heavy atom. The van der Waals surface area contributed by atoms with Gasteiger partial charge in [-0.3, -0.25) is 4.79 Å². The molecule has 2 aromatic carbocycles. The molecule has 0 fully saturated rings. The van der Waals surface area contributed by atoms with Crippen LogP contribution in [0.5, 0.6) is 5.75 Å². The van der Waals surface area contributed by atoms with E-state index in [2.05, 4.69) is 10.1 Å². The van der Waals surface area contributed by atoms with Crippen molar-refractivity contribution < 1.29 is 19.1 Å². The van der Waals surface area contributed by atoms with Gasteiger partial charge in [0.25, 0.3) is 5.91 Å². The van der Waals surface area contributed by atoms with Gasteiger partial charge in [0.1, 0.15) is 5.75 Å². The smallest absolute Gasteiger partial charge is 0.337 e. The van der Waals surface area contributed by atoms with E-state index in [1.807, 2.05) is 22.6 Å². The topological polar surface area (TPSA) is 64.6 Å². The van der Waals surface area contributed by atoms with Gasteiger partial charge >= 0.3 is 5.97 Å². The Bertz CT molecular complexity index is 811. The summed E-state index contributed by atoms with van der Waals surface area (Å²) >= 11 is 14.2. The lowest BCUT2D eigenvalue weighted by Gasteiger charge is -2.12. The summed E-state index contributed by atoms with van der Waals surface area (Å²) in [5, 5.41) is 3.36. The van der Waals surface area contributed by atoms with Crippen molar-refractivity contribution in [3.05, 3.63) is 55.1 Å². The number of hydrogen-bond acceptors (Lipinski definition) is 4. The molecule has 1 amide bonds. The number of carbonyl (C=O) groups is 2. The van der Waals surface area contributed by atoms with Gasteiger partial charge < -0.3 is 14.8 Å². The summed E-state index contributed by atoms with van der Waals surface area (Å²) in [5.74, 6) is -0.618. The summed E-state index contributed by atoms with van der Waals surface area (Å²) in [7, 11) is 2.73. The van der Waals surface area contributed by atoms with Gasteiger partial charge in [0.2, 0.25) is 0 Å². The quantitative estimate of drug-likeness (QED) is 0.512. The zero-order valence-corrected chi connectivity index (χ0v) is 16.3. The zero-order valence-electron chi connectivity index (χ0n) is 12.7. The maximum Gasteiger partial charge on any atom is 0.337 e. The highest BCUT2D eigenvalue weighted by Crippen LogP contribution is 2.30. The Hall–Kier alpha value is -1.51. The molecular weight excluding hydrogens is 468 g/mol. The second kappa shape index (κ2) is 8.04. The molecule has 0 saturated heterocycles. The summed E-state index contributed by atoms with van der Waals surface area (Å²) in [5.41, 5.74) is 0.800. The van der Waals surface area contributed by atoms with Crippen LogP contribution >= 0.6 is 45.8 Å². The van der Waals surface area contributed by atoms with Gasteiger partial charge in [-0.2, -0.15) is 0 Å². The predicted molar refractivity (Wildman–Crippen MR) is 101 cm³/mol. The molecule has 1 N–H and O–H groups in total. The molecule has 0 atom stereocenters. The van der Waals surface area contributed by atoms with E-state index >= 15 is 0 Å². The van der Waals surface area contributed by atoms with Crippen LogP contribution in [0, 0.1) is 3.57 Å². The van der Waals surface area contributed by atoms with E-state index in [9.17, 15) is 9.59 Å². The molecule has 2 aromatic rings. The molecule has 0 aliphatic rings. The molecule has 0 saturated carbocycles. The molecule has 0 aliphatic heterocycles. The van der Waals surface area contributed by atoms with Gasteiger partial charge in [0, 0.05) is 3.57 Å². The molecule has 0 spiro atoms. The lowest BCUT2D eigenvalue weighted by molar-refractivity contribution is 0.0600. The number of rotatable bonds is 4. The molecule has 5 nitrogen and oxygen atoms in total. The van der Waals surface area contributed by atoms with Crippen LogP contribution in [0.4, 0.5) is 5.69 Å². The highest BCUT2D eigenvalue weighted by molar-refractivity contribution is 14.1. The number of benzene rings is 2. The lowest BCUT2D eigenvalue weighted by Crippen LogP contribution is -2.14. The van der Waals surface area contributed by atoms with E-state index in [0.717, 1.165) is 3.57 Å². The number of esters is 1. The minimum Gasteiger partial charge on any atom is -0.496 e. The fourth-order valence-electron chi connectivity index (χ4n) is 1.93. The number of halogens is 3. The molecule has 2 rings (SSSR count). The van der Waals surface area contributed by atoms with Gasteiger partial charge in [-0.05, 0) is 52.9 Å². The molecule has 24 heavy (non-hydrogen) atoms. The van der Waals surface area contributed by atoms with Crippen LogP contribution in [0.1, 0.15) is 20.7 Å². The Labute approximate surface area is 162 Å². The van der Waals surface area contributed by atoms with Crippen molar-refractivity contribution in [1.29, 1.82) is 0 Å². The summed E-state index contributed by atoms with van der Waals surface area (Å²) in [6.45, 7) is 0. The zero-order chi connectivity index (χ0) is 17.9. The van der Waals surface area contributed by atoms with Crippen LogP contribution in [0.3, 0.4) is 0 Å². The summed E-state index contributed by atoms with van der Waals surface area (Å²) in [6, 6.07) is 7.61. The van der Waals surface area contributed by atoms with Crippen LogP contribution in [-0.4, -0.2) is 26.1 Å². The number of methoxy groups -OCH3 is 2. The van der Waals surface area contributed by atoms with Crippen molar-refractivity contribution in [1.82, 2.24) is 0 Å². The van der Waals surface area contributed by atoms with Crippen LogP contribution in [0.15, 0.2) is 30.3 Å². The molecule has 0 unspecified atom stereocenters. The first kappa shape index (κ1) is 18.8. The molecular formula is C16H12Cl2INO4. The van der Waals surface area contributed by atoms with Crippen molar-refractivity contribution in [2.75, 3.05) is 19.5 Å². The Morgan fingerprint density at radius 3 is 2.42 bits per heavy atom. The molecule has 8 heteroatoms. The second-order valence-electron chi connectivity index (χ2n) is 4.61. The third-order valence-electron chi connectivity index (χ3n) is 3.12. The average Bonchev–Trinajstić information content (AvgIpc) is 2.57. The van der Waals surface area contributed by atoms with Crippen LogP contribution < -0.4 is 10.1 Å².